The summed E-state index contributed by atoms with van der Waals surface area (Å²) < 4.78 is 1.57. The van der Waals surface area contributed by atoms with Crippen LogP contribution in [0.3, 0.4) is 0 Å². The van der Waals surface area contributed by atoms with E-state index < -0.39 is 0 Å². The maximum absolute atomic E-state index is 13.0. The summed E-state index contributed by atoms with van der Waals surface area (Å²) in [6.07, 6.45) is 0.418. The molecule has 134 valence electrons. The van der Waals surface area contributed by atoms with Crippen molar-refractivity contribution in [1.29, 1.82) is 0 Å². The van der Waals surface area contributed by atoms with Crippen LogP contribution in [0.15, 0.2) is 35.1 Å². The first-order valence-corrected chi connectivity index (χ1v) is 8.79. The molecule has 0 aliphatic carbocycles. The van der Waals surface area contributed by atoms with Crippen LogP contribution in [-0.2, 0) is 7.05 Å². The normalized spacial score (nSPS) is 17.0. The number of piperazine rings is 1. The SMILES string of the molecule is CCC(O)CN1CCN(C(=O)c2cc(=O)n(C)c3ccccc23)CC1. The Hall–Kier alpha value is -2.18. The highest BCUT2D eigenvalue weighted by atomic mass is 16.3. The zero-order chi connectivity index (χ0) is 18.0. The molecule has 1 aromatic heterocycles. The number of nitrogens with zero attached hydrogens (tertiary/aromatic N) is 3. The number of fused-ring (bicyclic) bond motifs is 1. The highest BCUT2D eigenvalue weighted by molar-refractivity contribution is 6.06. The Balaban J connectivity index is 1.80. The molecule has 1 unspecified atom stereocenters. The second kappa shape index (κ2) is 7.37. The van der Waals surface area contributed by atoms with E-state index in [2.05, 4.69) is 4.90 Å². The number of aryl methyl sites for hydroxylation is 1. The number of pyridine rings is 1. The van der Waals surface area contributed by atoms with Crippen molar-refractivity contribution < 1.29 is 9.90 Å². The monoisotopic (exact) mass is 343 g/mol. The fraction of sp³-hybridized carbons (Fsp3) is 0.474. The molecule has 1 atom stereocenters. The van der Waals surface area contributed by atoms with Crippen LogP contribution in [0.2, 0.25) is 0 Å². The second-order valence-electron chi connectivity index (χ2n) is 6.63. The molecular formula is C19H25N3O3. The molecule has 0 radical (unpaired) electrons. The van der Waals surface area contributed by atoms with Gasteiger partial charge >= 0.3 is 0 Å². The highest BCUT2D eigenvalue weighted by Gasteiger charge is 2.24. The third kappa shape index (κ3) is 3.60. The van der Waals surface area contributed by atoms with Crippen LogP contribution >= 0.6 is 0 Å². The lowest BCUT2D eigenvalue weighted by molar-refractivity contribution is 0.0525. The van der Waals surface area contributed by atoms with Gasteiger partial charge in [0.2, 0.25) is 0 Å². The van der Waals surface area contributed by atoms with E-state index in [-0.39, 0.29) is 17.6 Å². The summed E-state index contributed by atoms with van der Waals surface area (Å²) in [7, 11) is 1.72. The Kier molecular flexibility index (Phi) is 5.20. The molecule has 1 N–H and O–H groups in total. The predicted molar refractivity (Wildman–Crippen MR) is 97.8 cm³/mol. The maximum atomic E-state index is 13.0. The number of hydrogen-bond donors (Lipinski definition) is 1. The van der Waals surface area contributed by atoms with Crippen LogP contribution < -0.4 is 5.56 Å². The summed E-state index contributed by atoms with van der Waals surface area (Å²) in [5.74, 6) is -0.0930. The Morgan fingerprint density at radius 1 is 1.20 bits per heavy atom. The molecule has 0 bridgehead atoms. The van der Waals surface area contributed by atoms with Crippen LogP contribution in [0.4, 0.5) is 0 Å². The van der Waals surface area contributed by atoms with E-state index in [4.69, 9.17) is 0 Å². The zero-order valence-electron chi connectivity index (χ0n) is 14.8. The molecule has 2 heterocycles. The summed E-state index contributed by atoms with van der Waals surface area (Å²) in [4.78, 5) is 29.2. The summed E-state index contributed by atoms with van der Waals surface area (Å²) in [6.45, 7) is 5.31. The third-order valence-electron chi connectivity index (χ3n) is 4.98. The summed E-state index contributed by atoms with van der Waals surface area (Å²) >= 11 is 0. The molecular weight excluding hydrogens is 318 g/mol. The minimum absolute atomic E-state index is 0.0930. The number of aliphatic hydroxyl groups is 1. The van der Waals surface area contributed by atoms with E-state index in [1.54, 1.807) is 16.5 Å². The molecule has 1 fully saturated rings. The average molecular weight is 343 g/mol. The van der Waals surface area contributed by atoms with Crippen LogP contribution in [-0.4, -0.2) is 64.2 Å². The van der Waals surface area contributed by atoms with Gasteiger partial charge in [0.1, 0.15) is 0 Å². The topological polar surface area (TPSA) is 65.8 Å². The quantitative estimate of drug-likeness (QED) is 0.902. The van der Waals surface area contributed by atoms with Crippen molar-refractivity contribution in [2.45, 2.75) is 19.4 Å². The van der Waals surface area contributed by atoms with Crippen molar-refractivity contribution in [2.75, 3.05) is 32.7 Å². The fourth-order valence-electron chi connectivity index (χ4n) is 3.32. The third-order valence-corrected chi connectivity index (χ3v) is 4.98. The number of carbonyl (C=O) groups excluding carboxylic acids is 1. The van der Waals surface area contributed by atoms with Gasteiger partial charge < -0.3 is 14.6 Å². The zero-order valence-corrected chi connectivity index (χ0v) is 14.8. The van der Waals surface area contributed by atoms with Gasteiger partial charge in [-0.3, -0.25) is 14.5 Å². The highest BCUT2D eigenvalue weighted by Crippen LogP contribution is 2.19. The van der Waals surface area contributed by atoms with Crippen molar-refractivity contribution in [1.82, 2.24) is 14.4 Å². The van der Waals surface area contributed by atoms with Gasteiger partial charge in [-0.2, -0.15) is 0 Å². The Labute approximate surface area is 147 Å². The Morgan fingerprint density at radius 3 is 2.56 bits per heavy atom. The Bertz CT molecular complexity index is 822. The van der Waals surface area contributed by atoms with E-state index in [0.717, 1.165) is 30.4 Å². The molecule has 2 aromatic rings. The van der Waals surface area contributed by atoms with Gasteiger partial charge in [0.15, 0.2) is 0 Å². The standard InChI is InChI=1S/C19H25N3O3/c1-3-14(23)13-21-8-10-22(11-9-21)19(25)16-12-18(24)20(2)17-7-5-4-6-15(16)17/h4-7,12,14,23H,3,8-11,13H2,1-2H3. The molecule has 1 aromatic carbocycles. The molecule has 0 spiro atoms. The summed E-state index contributed by atoms with van der Waals surface area (Å²) in [6, 6.07) is 8.94. The number of aliphatic hydroxyl groups excluding tert-OH is 1. The largest absolute Gasteiger partial charge is 0.392 e. The lowest BCUT2D eigenvalue weighted by Crippen LogP contribution is -2.50. The number of amides is 1. The van der Waals surface area contributed by atoms with Crippen LogP contribution in [0.5, 0.6) is 0 Å². The van der Waals surface area contributed by atoms with Crippen molar-refractivity contribution in [3.63, 3.8) is 0 Å². The number of para-hydroxylation sites is 1. The summed E-state index contributed by atoms with van der Waals surface area (Å²) in [5.41, 5.74) is 1.07. The van der Waals surface area contributed by atoms with E-state index >= 15 is 0 Å². The van der Waals surface area contributed by atoms with Gasteiger partial charge in [-0.15, -0.1) is 0 Å². The van der Waals surface area contributed by atoms with Crippen molar-refractivity contribution in [2.24, 2.45) is 7.05 Å². The molecule has 1 amide bonds. The van der Waals surface area contributed by atoms with Gasteiger partial charge in [0.05, 0.1) is 17.2 Å². The first kappa shape index (κ1) is 17.6. The number of benzene rings is 1. The Morgan fingerprint density at radius 2 is 1.88 bits per heavy atom. The first-order valence-electron chi connectivity index (χ1n) is 8.79. The number of carbonyl (C=O) groups is 1. The van der Waals surface area contributed by atoms with E-state index in [1.807, 2.05) is 31.2 Å². The van der Waals surface area contributed by atoms with E-state index in [0.29, 0.717) is 25.2 Å². The molecule has 6 nitrogen and oxygen atoms in total. The average Bonchev–Trinajstić information content (AvgIpc) is 2.64. The number of hydrogen-bond acceptors (Lipinski definition) is 4. The molecule has 25 heavy (non-hydrogen) atoms. The minimum Gasteiger partial charge on any atom is -0.392 e. The molecule has 6 heteroatoms. The lowest BCUT2D eigenvalue weighted by atomic mass is 10.1. The van der Waals surface area contributed by atoms with E-state index in [9.17, 15) is 14.7 Å². The maximum Gasteiger partial charge on any atom is 0.254 e. The van der Waals surface area contributed by atoms with Crippen LogP contribution in [0.1, 0.15) is 23.7 Å². The van der Waals surface area contributed by atoms with E-state index in [1.165, 1.54) is 6.07 Å². The molecule has 0 saturated carbocycles. The smallest absolute Gasteiger partial charge is 0.254 e. The van der Waals surface area contributed by atoms with Crippen LogP contribution in [0.25, 0.3) is 10.9 Å². The number of β-amino-alcohol motifs (C(OH)–C–C–N with tert-alkyl or cyclic N) is 1. The molecule has 3 rings (SSSR count). The molecule has 1 saturated heterocycles. The summed E-state index contributed by atoms with van der Waals surface area (Å²) in [5, 5.41) is 10.6. The minimum atomic E-state index is -0.316. The fourth-order valence-corrected chi connectivity index (χ4v) is 3.32. The van der Waals surface area contributed by atoms with Crippen molar-refractivity contribution >= 4 is 16.8 Å². The molecule has 1 aliphatic rings. The van der Waals surface area contributed by atoms with Gasteiger partial charge in [-0.1, -0.05) is 25.1 Å². The van der Waals surface area contributed by atoms with Crippen molar-refractivity contribution in [3.05, 3.63) is 46.2 Å². The predicted octanol–water partition coefficient (Wildman–Crippen LogP) is 1.07. The van der Waals surface area contributed by atoms with Gasteiger partial charge in [0, 0.05) is 51.2 Å². The number of aromatic nitrogens is 1. The number of rotatable bonds is 4. The second-order valence-corrected chi connectivity index (χ2v) is 6.63. The van der Waals surface area contributed by atoms with Crippen molar-refractivity contribution in [3.8, 4) is 0 Å². The van der Waals surface area contributed by atoms with Crippen LogP contribution in [0, 0.1) is 0 Å². The molecule has 1 aliphatic heterocycles. The van der Waals surface area contributed by atoms with Gasteiger partial charge in [0.25, 0.3) is 11.5 Å². The lowest BCUT2D eigenvalue weighted by Gasteiger charge is -2.35. The first-order chi connectivity index (χ1) is 12.0. The van der Waals surface area contributed by atoms with Gasteiger partial charge in [-0.05, 0) is 12.5 Å². The van der Waals surface area contributed by atoms with Gasteiger partial charge in [-0.25, -0.2) is 0 Å².